The number of rotatable bonds is 5. The van der Waals surface area contributed by atoms with Crippen molar-refractivity contribution in [2.75, 3.05) is 5.75 Å². The van der Waals surface area contributed by atoms with Crippen molar-refractivity contribution in [2.45, 2.75) is 43.1 Å². The van der Waals surface area contributed by atoms with Crippen molar-refractivity contribution in [3.05, 3.63) is 67.4 Å². The molecule has 7 nitrogen and oxygen atoms in total. The molecule has 4 rings (SSSR count). The predicted octanol–water partition coefficient (Wildman–Crippen LogP) is 1.13. The van der Waals surface area contributed by atoms with Crippen LogP contribution in [0.3, 0.4) is 0 Å². The Morgan fingerprint density at radius 2 is 2.09 bits per heavy atom. The maximum atomic E-state index is 13.0. The summed E-state index contributed by atoms with van der Waals surface area (Å²) in [4.78, 5) is 25.7. The number of pyridine rings is 1. The molecule has 2 heterocycles. The molecule has 170 valence electrons. The molecular formula is C23H27ClN4O3S. The number of nitrogens with zero attached hydrogens (tertiary/aromatic N) is 1. The molecule has 32 heavy (non-hydrogen) atoms. The number of hydrogen-bond donors (Lipinski definition) is 3. The Kier molecular flexibility index (Phi) is 6.44. The van der Waals surface area contributed by atoms with Crippen LogP contribution in [0.4, 0.5) is 0 Å². The van der Waals surface area contributed by atoms with E-state index in [0.29, 0.717) is 15.6 Å². The molecule has 1 aromatic carbocycles. The topological polar surface area (TPSA) is 112 Å². The molecule has 0 radical (unpaired) electrons. The van der Waals surface area contributed by atoms with Gasteiger partial charge in [-0.15, -0.1) is 0 Å². The number of carbonyl (C=O) groups is 1. The lowest BCUT2D eigenvalue weighted by atomic mass is 10.1. The summed E-state index contributed by atoms with van der Waals surface area (Å²) < 4.78 is 7.66. The number of ether oxygens (including phenoxy) is 1. The molecule has 1 amide bonds. The minimum Gasteiger partial charge on any atom is -0.473 e. The maximum Gasteiger partial charge on any atom is 0.263 e. The summed E-state index contributed by atoms with van der Waals surface area (Å²) in [5.41, 5.74) is 12.6. The second kappa shape index (κ2) is 9.11. The van der Waals surface area contributed by atoms with Gasteiger partial charge in [0.2, 0.25) is 5.88 Å². The first kappa shape index (κ1) is 22.6. The van der Waals surface area contributed by atoms with Gasteiger partial charge in [-0.3, -0.25) is 9.59 Å². The van der Waals surface area contributed by atoms with E-state index in [-0.39, 0.29) is 28.8 Å². The van der Waals surface area contributed by atoms with Gasteiger partial charge in [-0.2, -0.15) is 11.8 Å². The third-order valence-corrected chi connectivity index (χ3v) is 8.06. The number of hydrogen-bond acceptors (Lipinski definition) is 6. The Balaban J connectivity index is 1.62. The minimum atomic E-state index is -0.490. The zero-order valence-corrected chi connectivity index (χ0v) is 19.5. The highest BCUT2D eigenvalue weighted by atomic mass is 35.5. The number of benzene rings is 1. The first-order valence-corrected chi connectivity index (χ1v) is 12.0. The fraction of sp³-hybridized carbons (Fsp3) is 0.391. The zero-order valence-electron chi connectivity index (χ0n) is 17.9. The number of thioether (sulfide) groups is 1. The maximum absolute atomic E-state index is 13.0. The van der Waals surface area contributed by atoms with Crippen molar-refractivity contribution < 1.29 is 9.53 Å². The summed E-state index contributed by atoms with van der Waals surface area (Å²) in [6.07, 6.45) is 5.61. The first-order chi connectivity index (χ1) is 15.3. The highest BCUT2D eigenvalue weighted by Gasteiger charge is 2.53. The lowest BCUT2D eigenvalue weighted by molar-refractivity contribution is 0.0948. The van der Waals surface area contributed by atoms with Gasteiger partial charge in [-0.25, -0.2) is 0 Å². The van der Waals surface area contributed by atoms with Gasteiger partial charge in [0.25, 0.3) is 11.5 Å². The number of halogens is 1. The van der Waals surface area contributed by atoms with Crippen LogP contribution in [0.2, 0.25) is 5.02 Å². The van der Waals surface area contributed by atoms with Gasteiger partial charge in [-0.05, 0) is 55.2 Å². The average molecular weight is 475 g/mol. The number of amides is 1. The van der Waals surface area contributed by atoms with Crippen molar-refractivity contribution in [2.24, 2.45) is 18.5 Å². The van der Waals surface area contributed by atoms with Crippen LogP contribution in [0.25, 0.3) is 12.1 Å². The molecule has 1 aliphatic heterocycles. The highest BCUT2D eigenvalue weighted by Crippen LogP contribution is 2.56. The Bertz CT molecular complexity index is 1210. The standard InChI is InChI=1S/C23H27ClN4O3S/c1-28-19(20(26)31-18-3-2-10-32-23(18)8-9-23)15(12-25)11-17(22(28)30)21(29)27-13-14-4-6-16(24)7-5-14/h4-7,11-12,18H,2-3,8-10,13,25-26H2,1H3,(H,27,29)/b15-12-,20-19-. The Hall–Kier alpha value is -2.58. The lowest BCUT2D eigenvalue weighted by Crippen LogP contribution is -2.49. The Morgan fingerprint density at radius 3 is 2.75 bits per heavy atom. The van der Waals surface area contributed by atoms with Crippen LogP contribution in [-0.4, -0.2) is 27.1 Å². The van der Waals surface area contributed by atoms with E-state index in [1.54, 1.807) is 19.2 Å². The SMILES string of the molecule is Cn1c(=O)c(C(=O)NCc2ccc(Cl)cc2)cc(=C/N)/c1=C(\N)OC1CCCSC12CC2. The predicted molar refractivity (Wildman–Crippen MR) is 128 cm³/mol. The van der Waals surface area contributed by atoms with Crippen molar-refractivity contribution in [3.63, 3.8) is 0 Å². The molecule has 2 fully saturated rings. The number of carbonyl (C=O) groups excluding carboxylic acids is 1. The largest absolute Gasteiger partial charge is 0.473 e. The van der Waals surface area contributed by atoms with Crippen LogP contribution in [0.15, 0.2) is 35.1 Å². The van der Waals surface area contributed by atoms with Crippen molar-refractivity contribution in [1.29, 1.82) is 0 Å². The molecular weight excluding hydrogens is 448 g/mol. The summed E-state index contributed by atoms with van der Waals surface area (Å²) in [5.74, 6) is 0.809. The summed E-state index contributed by atoms with van der Waals surface area (Å²) in [5, 5.41) is 4.23. The molecule has 1 aromatic heterocycles. The normalized spacial score (nSPS) is 20.7. The fourth-order valence-corrected chi connectivity index (χ4v) is 5.69. The van der Waals surface area contributed by atoms with Crippen molar-refractivity contribution in [3.8, 4) is 0 Å². The molecule has 0 bridgehead atoms. The molecule has 2 aliphatic rings. The van der Waals surface area contributed by atoms with E-state index >= 15 is 0 Å². The summed E-state index contributed by atoms with van der Waals surface area (Å²) in [7, 11) is 1.57. The van der Waals surface area contributed by atoms with Gasteiger partial charge < -0.3 is 26.1 Å². The smallest absolute Gasteiger partial charge is 0.263 e. The van der Waals surface area contributed by atoms with E-state index in [1.165, 1.54) is 16.8 Å². The average Bonchev–Trinajstić information content (AvgIpc) is 3.56. The summed E-state index contributed by atoms with van der Waals surface area (Å²) in [6, 6.07) is 8.58. The minimum absolute atomic E-state index is 0.0124. The molecule has 1 spiro atoms. The second-order valence-electron chi connectivity index (χ2n) is 8.23. The molecule has 1 unspecified atom stereocenters. The molecule has 5 N–H and O–H groups in total. The molecule has 1 atom stereocenters. The lowest BCUT2D eigenvalue weighted by Gasteiger charge is -2.31. The summed E-state index contributed by atoms with van der Waals surface area (Å²) >= 11 is 7.84. The van der Waals surface area contributed by atoms with E-state index in [0.717, 1.165) is 37.0 Å². The fourth-order valence-electron chi connectivity index (χ4n) is 4.10. The Labute approximate surface area is 195 Å². The van der Waals surface area contributed by atoms with Crippen LogP contribution in [0, 0.1) is 0 Å². The molecule has 1 aliphatic carbocycles. The van der Waals surface area contributed by atoms with Gasteiger partial charge in [-0.1, -0.05) is 23.7 Å². The third kappa shape index (κ3) is 4.47. The summed E-state index contributed by atoms with van der Waals surface area (Å²) in [6.45, 7) is 0.265. The second-order valence-corrected chi connectivity index (χ2v) is 10.2. The van der Waals surface area contributed by atoms with Gasteiger partial charge >= 0.3 is 0 Å². The van der Waals surface area contributed by atoms with Gasteiger partial charge in [0.1, 0.15) is 17.0 Å². The third-order valence-electron chi connectivity index (χ3n) is 6.07. The number of nitrogens with two attached hydrogens (primary N) is 2. The zero-order chi connectivity index (χ0) is 22.9. The van der Waals surface area contributed by atoms with Crippen molar-refractivity contribution >= 4 is 41.4 Å². The van der Waals surface area contributed by atoms with E-state index in [2.05, 4.69) is 5.32 Å². The van der Waals surface area contributed by atoms with Gasteiger partial charge in [0.15, 0.2) is 0 Å². The van der Waals surface area contributed by atoms with E-state index in [1.807, 2.05) is 23.9 Å². The van der Waals surface area contributed by atoms with Crippen LogP contribution >= 0.6 is 23.4 Å². The molecule has 2 aromatic rings. The van der Waals surface area contributed by atoms with Gasteiger partial charge in [0.05, 0.1) is 4.75 Å². The number of aromatic nitrogens is 1. The monoisotopic (exact) mass is 474 g/mol. The van der Waals surface area contributed by atoms with Gasteiger partial charge in [0, 0.05) is 30.0 Å². The van der Waals surface area contributed by atoms with Crippen LogP contribution < -0.4 is 32.9 Å². The van der Waals surface area contributed by atoms with E-state index < -0.39 is 11.5 Å². The quantitative estimate of drug-likeness (QED) is 0.599. The molecule has 9 heteroatoms. The van der Waals surface area contributed by atoms with Crippen LogP contribution in [0.1, 0.15) is 41.6 Å². The first-order valence-electron chi connectivity index (χ1n) is 10.6. The highest BCUT2D eigenvalue weighted by molar-refractivity contribution is 8.01. The van der Waals surface area contributed by atoms with E-state index in [9.17, 15) is 9.59 Å². The molecule has 1 saturated carbocycles. The van der Waals surface area contributed by atoms with Crippen molar-refractivity contribution in [1.82, 2.24) is 9.88 Å². The number of nitrogens with one attached hydrogen (secondary N) is 1. The van der Waals surface area contributed by atoms with E-state index in [4.69, 9.17) is 27.8 Å². The van der Waals surface area contributed by atoms with Crippen LogP contribution in [0.5, 0.6) is 0 Å². The van der Waals surface area contributed by atoms with Crippen LogP contribution in [-0.2, 0) is 18.3 Å². The Morgan fingerprint density at radius 1 is 1.38 bits per heavy atom. The molecule has 1 saturated heterocycles.